The first-order valence-corrected chi connectivity index (χ1v) is 23.9. The molecule has 0 radical (unpaired) electrons. The highest BCUT2D eigenvalue weighted by molar-refractivity contribution is 6.39. The summed E-state index contributed by atoms with van der Waals surface area (Å²) in [6.45, 7) is 12.4. The monoisotopic (exact) mass is 916 g/mol. The average Bonchev–Trinajstić information content (AvgIpc) is 3.28. The summed E-state index contributed by atoms with van der Waals surface area (Å²) in [5, 5.41) is 22.4. The summed E-state index contributed by atoms with van der Waals surface area (Å²) in [5.74, 6) is -8.44. The zero-order valence-corrected chi connectivity index (χ0v) is 40.5. The largest absolute Gasteiger partial charge is 0.460 e. The second-order valence-corrected chi connectivity index (χ2v) is 19.5. The molecule has 0 aromatic rings. The molecule has 1 saturated carbocycles. The van der Waals surface area contributed by atoms with Crippen molar-refractivity contribution in [2.75, 3.05) is 27.9 Å². The van der Waals surface area contributed by atoms with Gasteiger partial charge in [0.2, 0.25) is 5.79 Å². The minimum atomic E-state index is -2.44. The van der Waals surface area contributed by atoms with Gasteiger partial charge < -0.3 is 38.8 Å². The first kappa shape index (κ1) is 54.2. The molecule has 0 aromatic heterocycles. The summed E-state index contributed by atoms with van der Waals surface area (Å²) >= 11 is 0. The molecule has 4 aliphatic rings. The molecule has 0 aromatic carbocycles. The van der Waals surface area contributed by atoms with Crippen molar-refractivity contribution in [3.63, 3.8) is 0 Å². The quantitative estimate of drug-likeness (QED) is 0.157. The highest BCUT2D eigenvalue weighted by atomic mass is 19.1. The summed E-state index contributed by atoms with van der Waals surface area (Å²) in [6, 6.07) is -1.16. The number of Topliss-reactive ketones (excluding diaryl/α,β-unsaturated/α-hetero) is 3. The van der Waals surface area contributed by atoms with Gasteiger partial charge >= 0.3 is 5.97 Å². The maximum absolute atomic E-state index is 16.2. The summed E-state index contributed by atoms with van der Waals surface area (Å²) in [6.07, 6.45) is 9.94. The predicted molar refractivity (Wildman–Crippen MR) is 244 cm³/mol. The Morgan fingerprint density at radius 2 is 1.60 bits per heavy atom. The van der Waals surface area contributed by atoms with Crippen LogP contribution >= 0.6 is 0 Å². The minimum Gasteiger partial charge on any atom is -0.460 e. The van der Waals surface area contributed by atoms with Crippen LogP contribution in [0.3, 0.4) is 0 Å². The fourth-order valence-corrected chi connectivity index (χ4v) is 10.1. The average molecular weight is 916 g/mol. The number of nitrogens with zero attached hydrogens (tertiary/aromatic N) is 1. The number of ketones is 3. The normalized spacial score (nSPS) is 40.4. The fourth-order valence-electron chi connectivity index (χ4n) is 10.1. The highest BCUT2D eigenvalue weighted by Gasteiger charge is 2.53. The van der Waals surface area contributed by atoms with Gasteiger partial charge in [0.1, 0.15) is 17.9 Å². The van der Waals surface area contributed by atoms with Crippen molar-refractivity contribution in [1.29, 1.82) is 0 Å². The number of ether oxygens (including phenoxy) is 5. The molecule has 4 rings (SSSR count). The molecule has 1 aliphatic carbocycles. The molecular formula is C51H78FNO12. The van der Waals surface area contributed by atoms with Crippen molar-refractivity contribution < 1.29 is 62.3 Å². The number of amides is 1. The SMILES string of the molecule is COC1CC(C[C@@H](C)[C@@H]2CC(=O)[C@H](C)/C=C(\C)C(F)[C@@H](OC)C(=O)C(C)C[C@H](C)/C=C/C=C/C=C(\C)[C@@H](OC)CC3CCC(C)C(O)(O3)C(=O)C(=O)N3CCCCC3C(=O)O2)CC[C@H]1O. The smallest absolute Gasteiger partial charge is 0.329 e. The van der Waals surface area contributed by atoms with Crippen molar-refractivity contribution in [3.05, 3.63) is 47.6 Å². The number of fused-ring (bicyclic) bond motifs is 3. The maximum atomic E-state index is 16.2. The van der Waals surface area contributed by atoms with Gasteiger partial charge in [-0.1, -0.05) is 71.1 Å². The number of aliphatic hydroxyl groups is 2. The molecule has 1 amide bonds. The van der Waals surface area contributed by atoms with E-state index in [2.05, 4.69) is 0 Å². The van der Waals surface area contributed by atoms with E-state index in [1.165, 1.54) is 25.0 Å². The lowest BCUT2D eigenvalue weighted by atomic mass is 9.78. The molecule has 65 heavy (non-hydrogen) atoms. The first-order chi connectivity index (χ1) is 30.7. The van der Waals surface area contributed by atoms with E-state index in [1.807, 2.05) is 51.2 Å². The minimum absolute atomic E-state index is 0.0215. The topological polar surface area (TPSA) is 175 Å². The molecule has 15 atom stereocenters. The van der Waals surface area contributed by atoms with Crippen molar-refractivity contribution in [1.82, 2.24) is 4.90 Å². The van der Waals surface area contributed by atoms with Gasteiger partial charge in [-0.2, -0.15) is 0 Å². The lowest BCUT2D eigenvalue weighted by Crippen LogP contribution is -2.61. The molecule has 0 spiro atoms. The van der Waals surface area contributed by atoms with Crippen molar-refractivity contribution in [2.24, 2.45) is 35.5 Å². The van der Waals surface area contributed by atoms with Gasteiger partial charge in [-0.25, -0.2) is 9.18 Å². The molecule has 2 bridgehead atoms. The van der Waals surface area contributed by atoms with E-state index in [0.29, 0.717) is 64.2 Å². The van der Waals surface area contributed by atoms with Gasteiger partial charge in [0.15, 0.2) is 18.1 Å². The predicted octanol–water partition coefficient (Wildman–Crippen LogP) is 7.16. The van der Waals surface area contributed by atoms with Gasteiger partial charge in [-0.3, -0.25) is 19.2 Å². The number of piperidine rings is 1. The molecule has 8 unspecified atom stereocenters. The second-order valence-electron chi connectivity index (χ2n) is 19.5. The van der Waals surface area contributed by atoms with Crippen LogP contribution in [0.15, 0.2) is 47.6 Å². The molecule has 3 heterocycles. The standard InChI is InChI=1S/C51H78FNO12/c1-30-16-12-11-13-17-31(2)42(61-8)28-38-21-19-36(7)51(60,65-38)48(57)49(58)53-23-15-14-18-39(53)50(59)64-43(33(4)26-37-20-22-40(54)44(27-37)62-9)29-41(55)32(3)25-34(5)45(52)47(63-10)46(56)35(6)24-30/h11-13,16-17,25,30,32-33,35-40,42-45,47,54,60H,14-15,18-24,26-29H2,1-10H3/b13-11+,16-12+,31-17+,34-25+/t30-,32-,33-,35?,36?,37?,38?,39?,40-,42+,43+,44?,45?,47-,51?/m1/s1. The number of hydrogen-bond donors (Lipinski definition) is 2. The van der Waals surface area contributed by atoms with Crippen molar-refractivity contribution in [2.45, 2.75) is 180 Å². The van der Waals surface area contributed by atoms with Crippen LogP contribution in [0.2, 0.25) is 0 Å². The fraction of sp³-hybridized carbons (Fsp3) is 0.745. The van der Waals surface area contributed by atoms with Gasteiger partial charge in [0, 0.05) is 58.5 Å². The number of alkyl halides is 1. The summed E-state index contributed by atoms with van der Waals surface area (Å²) in [4.78, 5) is 71.6. The number of carbonyl (C=O) groups is 5. The van der Waals surface area contributed by atoms with E-state index in [9.17, 15) is 34.2 Å². The van der Waals surface area contributed by atoms with Crippen molar-refractivity contribution in [3.8, 4) is 0 Å². The van der Waals surface area contributed by atoms with Gasteiger partial charge in [0.25, 0.3) is 11.7 Å². The lowest BCUT2D eigenvalue weighted by molar-refractivity contribution is -0.265. The number of allylic oxidation sites excluding steroid dienone is 6. The molecule has 14 heteroatoms. The molecule has 2 N–H and O–H groups in total. The molecule has 3 fully saturated rings. The summed E-state index contributed by atoms with van der Waals surface area (Å²) < 4.78 is 45.4. The Hall–Kier alpha value is -3.40. The Kier molecular flexibility index (Phi) is 20.9. The molecule has 3 aliphatic heterocycles. The number of carbonyl (C=O) groups excluding carboxylic acids is 5. The zero-order chi connectivity index (χ0) is 48.2. The lowest BCUT2D eigenvalue weighted by Gasteiger charge is -2.42. The Bertz CT molecular complexity index is 1760. The van der Waals surface area contributed by atoms with Crippen LogP contribution in [0.5, 0.6) is 0 Å². The van der Waals surface area contributed by atoms with Crippen LogP contribution in [-0.2, 0) is 47.7 Å². The van der Waals surface area contributed by atoms with Crippen LogP contribution in [0, 0.1) is 35.5 Å². The molecule has 366 valence electrons. The van der Waals surface area contributed by atoms with Crippen molar-refractivity contribution >= 4 is 29.2 Å². The third kappa shape index (κ3) is 14.3. The highest BCUT2D eigenvalue weighted by Crippen LogP contribution is 2.38. The third-order valence-corrected chi connectivity index (χ3v) is 14.4. The third-order valence-electron chi connectivity index (χ3n) is 14.4. The Morgan fingerprint density at radius 3 is 2.28 bits per heavy atom. The molecular weight excluding hydrogens is 838 g/mol. The molecule has 2 saturated heterocycles. The zero-order valence-electron chi connectivity index (χ0n) is 40.5. The van der Waals surface area contributed by atoms with Gasteiger partial charge in [-0.05, 0) is 107 Å². The van der Waals surface area contributed by atoms with Crippen LogP contribution < -0.4 is 0 Å². The second kappa shape index (κ2) is 25.1. The van der Waals surface area contributed by atoms with Gasteiger partial charge in [-0.15, -0.1) is 0 Å². The van der Waals surface area contributed by atoms with Crippen LogP contribution in [0.25, 0.3) is 0 Å². The number of cyclic esters (lactones) is 1. The number of halogens is 1. The van der Waals surface area contributed by atoms with Crippen LogP contribution in [0.1, 0.15) is 126 Å². The van der Waals surface area contributed by atoms with Crippen LogP contribution in [0.4, 0.5) is 4.39 Å². The van der Waals surface area contributed by atoms with E-state index in [-0.39, 0.29) is 60.4 Å². The number of esters is 1. The number of methoxy groups -OCH3 is 3. The van der Waals surface area contributed by atoms with E-state index in [1.54, 1.807) is 35.0 Å². The summed E-state index contributed by atoms with van der Waals surface area (Å²) in [5.41, 5.74) is 1.03. The van der Waals surface area contributed by atoms with Gasteiger partial charge in [0.05, 0.1) is 24.4 Å². The number of hydrogen-bond acceptors (Lipinski definition) is 12. The maximum Gasteiger partial charge on any atom is 0.329 e. The first-order valence-electron chi connectivity index (χ1n) is 23.9. The van der Waals surface area contributed by atoms with E-state index in [0.717, 1.165) is 5.57 Å². The van der Waals surface area contributed by atoms with E-state index >= 15 is 4.39 Å². The number of aliphatic hydroxyl groups excluding tert-OH is 1. The van der Waals surface area contributed by atoms with E-state index in [4.69, 9.17) is 23.7 Å². The number of rotatable bonds is 6. The molecule has 13 nitrogen and oxygen atoms in total. The Morgan fingerprint density at radius 1 is 0.877 bits per heavy atom. The Balaban J connectivity index is 1.70. The summed E-state index contributed by atoms with van der Waals surface area (Å²) in [7, 11) is 4.42. The Labute approximate surface area is 386 Å². The van der Waals surface area contributed by atoms with E-state index < -0.39 is 83.9 Å². The van der Waals surface area contributed by atoms with Crippen LogP contribution in [-0.4, -0.2) is 127 Å².